The van der Waals surface area contributed by atoms with Crippen LogP contribution < -0.4 is 0 Å². The molecule has 2 rings (SSSR count). The molecule has 1 aromatic carbocycles. The van der Waals surface area contributed by atoms with Crippen molar-refractivity contribution in [1.29, 1.82) is 0 Å². The van der Waals surface area contributed by atoms with Crippen molar-refractivity contribution in [2.24, 2.45) is 0 Å². The maximum atomic E-state index is 10.7. The van der Waals surface area contributed by atoms with Crippen LogP contribution in [-0.4, -0.2) is 21.1 Å². The van der Waals surface area contributed by atoms with Gasteiger partial charge in [0, 0.05) is 40.9 Å². The Hall–Kier alpha value is -2.04. The zero-order chi connectivity index (χ0) is 12.6. The molecule has 2 N–H and O–H groups in total. The minimum absolute atomic E-state index is 0.119. The van der Waals surface area contributed by atoms with Crippen LogP contribution >= 0.6 is 0 Å². The maximum absolute atomic E-state index is 10.7. The van der Waals surface area contributed by atoms with E-state index in [4.69, 9.17) is 0 Å². The van der Waals surface area contributed by atoms with Crippen LogP contribution in [0.25, 0.3) is 10.9 Å². The molecule has 0 radical (unpaired) electrons. The summed E-state index contributed by atoms with van der Waals surface area (Å²) in [6.45, 7) is 3.46. The lowest BCUT2D eigenvalue weighted by Crippen LogP contribution is -2.18. The Morgan fingerprint density at radius 2 is 2.24 bits per heavy atom. The van der Waals surface area contributed by atoms with Gasteiger partial charge in [-0.05, 0) is 24.6 Å². The van der Waals surface area contributed by atoms with E-state index in [1.54, 1.807) is 19.1 Å². The molecule has 0 aliphatic heterocycles. The van der Waals surface area contributed by atoms with E-state index in [-0.39, 0.29) is 17.1 Å². The lowest BCUT2D eigenvalue weighted by Gasteiger charge is -2.08. The fraction of sp³-hybridized carbons (Fsp3) is 0.333. The van der Waals surface area contributed by atoms with Gasteiger partial charge in [0.2, 0.25) is 6.04 Å². The van der Waals surface area contributed by atoms with E-state index in [0.717, 1.165) is 16.5 Å². The van der Waals surface area contributed by atoms with E-state index in [2.05, 4.69) is 4.98 Å². The van der Waals surface area contributed by atoms with Gasteiger partial charge in [0.1, 0.15) is 5.75 Å². The molecule has 0 amide bonds. The van der Waals surface area contributed by atoms with E-state index in [1.807, 2.05) is 13.1 Å². The van der Waals surface area contributed by atoms with Crippen LogP contribution in [0, 0.1) is 17.0 Å². The van der Waals surface area contributed by atoms with Crippen LogP contribution in [0.3, 0.4) is 0 Å². The third kappa shape index (κ3) is 1.95. The van der Waals surface area contributed by atoms with Gasteiger partial charge in [0.05, 0.1) is 0 Å². The van der Waals surface area contributed by atoms with Gasteiger partial charge in [-0.1, -0.05) is 0 Å². The lowest BCUT2D eigenvalue weighted by molar-refractivity contribution is -0.517. The van der Waals surface area contributed by atoms with Crippen LogP contribution in [0.15, 0.2) is 18.3 Å². The van der Waals surface area contributed by atoms with Gasteiger partial charge in [-0.25, -0.2) is 0 Å². The number of H-pyrrole nitrogens is 1. The van der Waals surface area contributed by atoms with Crippen LogP contribution in [0.1, 0.15) is 18.1 Å². The summed E-state index contributed by atoms with van der Waals surface area (Å²) in [4.78, 5) is 13.4. The zero-order valence-corrected chi connectivity index (χ0v) is 9.73. The molecule has 1 unspecified atom stereocenters. The summed E-state index contributed by atoms with van der Waals surface area (Å²) >= 11 is 0. The van der Waals surface area contributed by atoms with E-state index in [9.17, 15) is 15.2 Å². The van der Waals surface area contributed by atoms with Crippen molar-refractivity contribution in [2.75, 3.05) is 0 Å². The fourth-order valence-corrected chi connectivity index (χ4v) is 2.04. The van der Waals surface area contributed by atoms with Crippen LogP contribution in [0.4, 0.5) is 0 Å². The lowest BCUT2D eigenvalue weighted by atomic mass is 10.00. The molecule has 0 bridgehead atoms. The van der Waals surface area contributed by atoms with E-state index >= 15 is 0 Å². The minimum atomic E-state index is -0.708. The van der Waals surface area contributed by atoms with Crippen molar-refractivity contribution in [1.82, 2.24) is 4.98 Å². The molecular formula is C12H14N2O3. The average molecular weight is 234 g/mol. The van der Waals surface area contributed by atoms with Crippen LogP contribution in [0.5, 0.6) is 5.75 Å². The summed E-state index contributed by atoms with van der Waals surface area (Å²) in [5, 5.41) is 21.4. The molecule has 0 spiro atoms. The predicted octanol–water partition coefficient (Wildman–Crippen LogP) is 2.39. The molecule has 0 fully saturated rings. The number of hydrogen-bond donors (Lipinski definition) is 2. The molecule has 1 atom stereocenters. The molecule has 0 aliphatic rings. The molecule has 1 heterocycles. The highest BCUT2D eigenvalue weighted by atomic mass is 16.6. The fourth-order valence-electron chi connectivity index (χ4n) is 2.04. The maximum Gasteiger partial charge on any atom is 0.214 e. The quantitative estimate of drug-likeness (QED) is 0.632. The van der Waals surface area contributed by atoms with Gasteiger partial charge in [0.15, 0.2) is 0 Å². The van der Waals surface area contributed by atoms with Crippen molar-refractivity contribution in [3.8, 4) is 5.75 Å². The summed E-state index contributed by atoms with van der Waals surface area (Å²) in [6.07, 6.45) is 2.07. The number of phenolic OH excluding ortho intramolecular Hbond substituents is 1. The monoisotopic (exact) mass is 234 g/mol. The molecule has 5 heteroatoms. The van der Waals surface area contributed by atoms with Crippen molar-refractivity contribution in [3.05, 3.63) is 39.6 Å². The van der Waals surface area contributed by atoms with Crippen LogP contribution in [0.2, 0.25) is 0 Å². The highest BCUT2D eigenvalue weighted by molar-refractivity contribution is 5.88. The number of fused-ring (bicyclic) bond motifs is 1. The van der Waals surface area contributed by atoms with Gasteiger partial charge in [0.25, 0.3) is 0 Å². The number of phenols is 1. The third-order valence-electron chi connectivity index (χ3n) is 2.99. The van der Waals surface area contributed by atoms with Gasteiger partial charge >= 0.3 is 0 Å². The Bertz CT molecular complexity index is 574. The van der Waals surface area contributed by atoms with Gasteiger partial charge in [-0.3, -0.25) is 10.1 Å². The number of aromatic nitrogens is 1. The topological polar surface area (TPSA) is 79.2 Å². The Kier molecular flexibility index (Phi) is 2.75. The van der Waals surface area contributed by atoms with Gasteiger partial charge in [-0.15, -0.1) is 0 Å². The number of hydrogen-bond acceptors (Lipinski definition) is 3. The Morgan fingerprint density at radius 1 is 1.53 bits per heavy atom. The standard InChI is InChI=1S/C12H14N2O3/c1-7-6-13-10-3-4-11(15)9(12(7)10)5-8(2)14(16)17/h3-4,6,8,13,15H,5H2,1-2H3. The summed E-state index contributed by atoms with van der Waals surface area (Å²) < 4.78 is 0. The minimum Gasteiger partial charge on any atom is -0.508 e. The van der Waals surface area contributed by atoms with Crippen molar-refractivity contribution >= 4 is 10.9 Å². The number of aryl methyl sites for hydroxylation is 1. The SMILES string of the molecule is Cc1c[nH]c2ccc(O)c(CC(C)[N+](=O)[O-])c12. The summed E-state index contributed by atoms with van der Waals surface area (Å²) in [6, 6.07) is 2.64. The largest absolute Gasteiger partial charge is 0.508 e. The second-order valence-electron chi connectivity index (χ2n) is 4.30. The second kappa shape index (κ2) is 4.08. The summed E-state index contributed by atoms with van der Waals surface area (Å²) in [5.41, 5.74) is 2.53. The molecule has 17 heavy (non-hydrogen) atoms. The van der Waals surface area contributed by atoms with E-state index in [0.29, 0.717) is 5.56 Å². The zero-order valence-electron chi connectivity index (χ0n) is 9.73. The van der Waals surface area contributed by atoms with Crippen LogP contribution in [-0.2, 0) is 6.42 Å². The van der Waals surface area contributed by atoms with Crippen molar-refractivity contribution < 1.29 is 10.0 Å². The first kappa shape index (κ1) is 11.4. The first-order valence-electron chi connectivity index (χ1n) is 5.42. The van der Waals surface area contributed by atoms with E-state index in [1.165, 1.54) is 0 Å². The number of aromatic amines is 1. The number of aromatic hydroxyl groups is 1. The van der Waals surface area contributed by atoms with Gasteiger partial charge < -0.3 is 10.1 Å². The highest BCUT2D eigenvalue weighted by Crippen LogP contribution is 2.30. The molecule has 2 aromatic rings. The molecule has 0 saturated heterocycles. The number of rotatable bonds is 3. The number of nitro groups is 1. The van der Waals surface area contributed by atoms with Crippen molar-refractivity contribution in [3.63, 3.8) is 0 Å². The molecule has 5 nitrogen and oxygen atoms in total. The summed E-state index contributed by atoms with van der Waals surface area (Å²) in [7, 11) is 0. The molecular weight excluding hydrogens is 220 g/mol. The van der Waals surface area contributed by atoms with E-state index < -0.39 is 6.04 Å². The Labute approximate surface area is 98.2 Å². The Morgan fingerprint density at radius 3 is 2.88 bits per heavy atom. The number of nitrogens with zero attached hydrogens (tertiary/aromatic N) is 1. The first-order valence-corrected chi connectivity index (χ1v) is 5.42. The summed E-state index contributed by atoms with van der Waals surface area (Å²) in [5.74, 6) is 0.119. The molecule has 1 aromatic heterocycles. The number of nitrogens with one attached hydrogen (secondary N) is 1. The average Bonchev–Trinajstić information content (AvgIpc) is 2.64. The normalized spacial score (nSPS) is 12.8. The Balaban J connectivity index is 2.54. The van der Waals surface area contributed by atoms with Gasteiger partial charge in [-0.2, -0.15) is 0 Å². The predicted molar refractivity (Wildman–Crippen MR) is 64.9 cm³/mol. The number of benzene rings is 1. The highest BCUT2D eigenvalue weighted by Gasteiger charge is 2.19. The second-order valence-corrected chi connectivity index (χ2v) is 4.30. The smallest absolute Gasteiger partial charge is 0.214 e. The first-order chi connectivity index (χ1) is 8.00. The molecule has 90 valence electrons. The molecule has 0 saturated carbocycles. The third-order valence-corrected chi connectivity index (χ3v) is 2.99. The van der Waals surface area contributed by atoms with Crippen molar-refractivity contribution in [2.45, 2.75) is 26.3 Å². The molecule has 0 aliphatic carbocycles.